The predicted octanol–water partition coefficient (Wildman–Crippen LogP) is 2.02. The summed E-state index contributed by atoms with van der Waals surface area (Å²) in [6.07, 6.45) is 6.10. The SMILES string of the molecule is CC.O=C(O)CNC1CCCCC1. The highest BCUT2D eigenvalue weighted by Crippen LogP contribution is 2.16. The third-order valence-corrected chi connectivity index (χ3v) is 2.15. The van der Waals surface area contributed by atoms with Gasteiger partial charge >= 0.3 is 5.97 Å². The molecular weight excluding hydrogens is 166 g/mol. The Morgan fingerprint density at radius 3 is 2.31 bits per heavy atom. The Balaban J connectivity index is 0.000000671. The quantitative estimate of drug-likeness (QED) is 0.710. The molecule has 0 aromatic rings. The maximum atomic E-state index is 10.2. The molecule has 0 bridgehead atoms. The molecule has 0 spiro atoms. The van der Waals surface area contributed by atoms with E-state index in [-0.39, 0.29) is 6.54 Å². The Bertz CT molecular complexity index is 131. The Labute approximate surface area is 80.5 Å². The minimum Gasteiger partial charge on any atom is -0.480 e. The summed E-state index contributed by atoms with van der Waals surface area (Å²) in [6.45, 7) is 4.12. The topological polar surface area (TPSA) is 49.3 Å². The van der Waals surface area contributed by atoms with Crippen molar-refractivity contribution >= 4 is 5.97 Å². The van der Waals surface area contributed by atoms with Crippen LogP contribution in [0.1, 0.15) is 46.0 Å². The molecule has 1 aliphatic carbocycles. The van der Waals surface area contributed by atoms with Crippen molar-refractivity contribution in [2.75, 3.05) is 6.54 Å². The molecular formula is C10H21NO2. The molecule has 0 aliphatic heterocycles. The maximum absolute atomic E-state index is 10.2. The van der Waals surface area contributed by atoms with Crippen molar-refractivity contribution < 1.29 is 9.90 Å². The summed E-state index contributed by atoms with van der Waals surface area (Å²) in [6, 6.07) is 0.458. The minimum absolute atomic E-state index is 0.116. The number of nitrogens with one attached hydrogen (secondary N) is 1. The van der Waals surface area contributed by atoms with Crippen LogP contribution in [0.5, 0.6) is 0 Å². The van der Waals surface area contributed by atoms with Gasteiger partial charge in [0, 0.05) is 6.04 Å². The van der Waals surface area contributed by atoms with Crippen LogP contribution in [-0.4, -0.2) is 23.7 Å². The Kier molecular flexibility index (Phi) is 7.69. The number of rotatable bonds is 3. The van der Waals surface area contributed by atoms with Crippen molar-refractivity contribution in [2.24, 2.45) is 0 Å². The van der Waals surface area contributed by atoms with Crippen LogP contribution < -0.4 is 5.32 Å². The van der Waals surface area contributed by atoms with Crippen molar-refractivity contribution in [2.45, 2.75) is 52.0 Å². The average Bonchev–Trinajstić information content (AvgIpc) is 2.19. The highest BCUT2D eigenvalue weighted by molar-refractivity contribution is 5.69. The number of carboxylic acids is 1. The van der Waals surface area contributed by atoms with E-state index >= 15 is 0 Å². The van der Waals surface area contributed by atoms with Gasteiger partial charge in [0.1, 0.15) is 0 Å². The van der Waals surface area contributed by atoms with Crippen molar-refractivity contribution in [3.05, 3.63) is 0 Å². The van der Waals surface area contributed by atoms with Crippen molar-refractivity contribution in [3.8, 4) is 0 Å². The van der Waals surface area contributed by atoms with E-state index in [2.05, 4.69) is 5.32 Å². The number of aliphatic carboxylic acids is 1. The Morgan fingerprint density at radius 2 is 1.85 bits per heavy atom. The van der Waals surface area contributed by atoms with E-state index in [4.69, 9.17) is 5.11 Å². The molecule has 1 aliphatic rings. The lowest BCUT2D eigenvalue weighted by Crippen LogP contribution is -2.34. The zero-order valence-corrected chi connectivity index (χ0v) is 8.68. The van der Waals surface area contributed by atoms with Gasteiger partial charge in [0.2, 0.25) is 0 Å². The monoisotopic (exact) mass is 187 g/mol. The first-order valence-corrected chi connectivity index (χ1v) is 5.24. The number of hydrogen-bond acceptors (Lipinski definition) is 2. The lowest BCUT2D eigenvalue weighted by atomic mass is 9.96. The molecule has 0 atom stereocenters. The maximum Gasteiger partial charge on any atom is 0.317 e. The molecule has 0 heterocycles. The second-order valence-electron chi connectivity index (χ2n) is 3.11. The van der Waals surface area contributed by atoms with Crippen LogP contribution in [-0.2, 0) is 4.79 Å². The molecule has 0 aromatic carbocycles. The van der Waals surface area contributed by atoms with Crippen LogP contribution in [0.2, 0.25) is 0 Å². The molecule has 2 N–H and O–H groups in total. The van der Waals surface area contributed by atoms with Crippen LogP contribution in [0, 0.1) is 0 Å². The zero-order chi connectivity index (χ0) is 10.1. The van der Waals surface area contributed by atoms with E-state index in [1.807, 2.05) is 13.8 Å². The third-order valence-electron chi connectivity index (χ3n) is 2.15. The Morgan fingerprint density at radius 1 is 1.31 bits per heavy atom. The van der Waals surface area contributed by atoms with E-state index in [1.54, 1.807) is 0 Å². The molecule has 1 rings (SSSR count). The summed E-state index contributed by atoms with van der Waals surface area (Å²) in [4.78, 5) is 10.2. The summed E-state index contributed by atoms with van der Waals surface area (Å²) >= 11 is 0. The van der Waals surface area contributed by atoms with E-state index in [0.717, 1.165) is 12.8 Å². The van der Waals surface area contributed by atoms with Gasteiger partial charge in [-0.1, -0.05) is 33.1 Å². The molecule has 0 saturated heterocycles. The molecule has 3 nitrogen and oxygen atoms in total. The number of carboxylic acid groups (broad SMARTS) is 1. The first-order valence-electron chi connectivity index (χ1n) is 5.24. The lowest BCUT2D eigenvalue weighted by Gasteiger charge is -2.21. The first-order chi connectivity index (χ1) is 6.29. The molecule has 3 heteroatoms. The van der Waals surface area contributed by atoms with Gasteiger partial charge in [-0.2, -0.15) is 0 Å². The molecule has 13 heavy (non-hydrogen) atoms. The highest BCUT2D eigenvalue weighted by Gasteiger charge is 2.12. The fourth-order valence-electron chi connectivity index (χ4n) is 1.54. The second kappa shape index (κ2) is 8.05. The summed E-state index contributed by atoms with van der Waals surface area (Å²) in [7, 11) is 0. The van der Waals surface area contributed by atoms with Gasteiger partial charge in [0.05, 0.1) is 6.54 Å². The molecule has 0 radical (unpaired) electrons. The summed E-state index contributed by atoms with van der Waals surface area (Å²) in [5.74, 6) is -0.754. The second-order valence-corrected chi connectivity index (χ2v) is 3.11. The predicted molar refractivity (Wildman–Crippen MR) is 53.9 cm³/mol. The van der Waals surface area contributed by atoms with Gasteiger partial charge in [-0.05, 0) is 12.8 Å². The van der Waals surface area contributed by atoms with E-state index in [9.17, 15) is 4.79 Å². The molecule has 0 unspecified atom stereocenters. The average molecular weight is 187 g/mol. The first kappa shape index (κ1) is 12.4. The van der Waals surface area contributed by atoms with E-state index in [0.29, 0.717) is 6.04 Å². The van der Waals surface area contributed by atoms with Gasteiger partial charge in [-0.15, -0.1) is 0 Å². The fraction of sp³-hybridized carbons (Fsp3) is 0.900. The molecule has 1 fully saturated rings. The molecule has 1 saturated carbocycles. The number of hydrogen-bond donors (Lipinski definition) is 2. The fourth-order valence-corrected chi connectivity index (χ4v) is 1.54. The summed E-state index contributed by atoms with van der Waals surface area (Å²) < 4.78 is 0. The summed E-state index contributed by atoms with van der Waals surface area (Å²) in [5.41, 5.74) is 0. The summed E-state index contributed by atoms with van der Waals surface area (Å²) in [5, 5.41) is 11.4. The van der Waals surface area contributed by atoms with Crippen molar-refractivity contribution in [1.82, 2.24) is 5.32 Å². The van der Waals surface area contributed by atoms with Gasteiger partial charge in [0.15, 0.2) is 0 Å². The standard InChI is InChI=1S/C8H15NO2.C2H6/c10-8(11)6-9-7-4-2-1-3-5-7;1-2/h7,9H,1-6H2,(H,10,11);1-2H3. The van der Waals surface area contributed by atoms with Gasteiger partial charge in [0.25, 0.3) is 0 Å². The van der Waals surface area contributed by atoms with E-state index < -0.39 is 5.97 Å². The van der Waals surface area contributed by atoms with E-state index in [1.165, 1.54) is 19.3 Å². The zero-order valence-electron chi connectivity index (χ0n) is 8.68. The van der Waals surface area contributed by atoms with Gasteiger partial charge in [-0.25, -0.2) is 0 Å². The van der Waals surface area contributed by atoms with Crippen molar-refractivity contribution in [1.29, 1.82) is 0 Å². The largest absolute Gasteiger partial charge is 0.480 e. The third kappa shape index (κ3) is 6.58. The molecule has 78 valence electrons. The minimum atomic E-state index is -0.754. The lowest BCUT2D eigenvalue weighted by molar-refractivity contribution is -0.136. The van der Waals surface area contributed by atoms with Crippen LogP contribution in [0.3, 0.4) is 0 Å². The van der Waals surface area contributed by atoms with Crippen LogP contribution in [0.15, 0.2) is 0 Å². The smallest absolute Gasteiger partial charge is 0.317 e. The van der Waals surface area contributed by atoms with Gasteiger partial charge < -0.3 is 10.4 Å². The highest BCUT2D eigenvalue weighted by atomic mass is 16.4. The molecule has 0 amide bonds. The Hall–Kier alpha value is -0.570. The van der Waals surface area contributed by atoms with Crippen LogP contribution in [0.25, 0.3) is 0 Å². The normalized spacial score (nSPS) is 17.4. The number of carbonyl (C=O) groups is 1. The van der Waals surface area contributed by atoms with Crippen LogP contribution in [0.4, 0.5) is 0 Å². The van der Waals surface area contributed by atoms with Gasteiger partial charge in [-0.3, -0.25) is 4.79 Å². The molecule has 0 aromatic heterocycles. The van der Waals surface area contributed by atoms with Crippen LogP contribution >= 0.6 is 0 Å². The van der Waals surface area contributed by atoms with Crippen molar-refractivity contribution in [3.63, 3.8) is 0 Å².